The van der Waals surface area contributed by atoms with Gasteiger partial charge in [0.05, 0.1) is 5.54 Å². The summed E-state index contributed by atoms with van der Waals surface area (Å²) in [6.07, 6.45) is 0. The van der Waals surface area contributed by atoms with E-state index in [1.807, 2.05) is 25.2 Å². The minimum Gasteiger partial charge on any atom is -0.303 e. The van der Waals surface area contributed by atoms with Crippen molar-refractivity contribution in [1.82, 2.24) is 10.4 Å². The zero-order valence-electron chi connectivity index (χ0n) is 9.49. The second-order valence-electron chi connectivity index (χ2n) is 4.61. The molecule has 1 N–H and O–H groups in total. The lowest BCUT2D eigenvalue weighted by Gasteiger charge is -2.34. The lowest BCUT2D eigenvalue weighted by atomic mass is 10.0. The van der Waals surface area contributed by atoms with Crippen LogP contribution in [0.3, 0.4) is 0 Å². The molecule has 1 aromatic carbocycles. The molecule has 15 heavy (non-hydrogen) atoms. The number of hydrogen-bond donors (Lipinski definition) is 1. The van der Waals surface area contributed by atoms with E-state index >= 15 is 0 Å². The number of likely N-dealkylation sites (N-methyl/N-ethyl adjacent to an activating group) is 1. The molecule has 0 saturated heterocycles. The summed E-state index contributed by atoms with van der Waals surface area (Å²) in [4.78, 5) is 4.70. The summed E-state index contributed by atoms with van der Waals surface area (Å²) in [5, 5.41) is 2.08. The zero-order chi connectivity index (χ0) is 10.9. The third-order valence-corrected chi connectivity index (χ3v) is 2.38. The maximum atomic E-state index is 4.70. The van der Waals surface area contributed by atoms with Crippen molar-refractivity contribution in [3.63, 3.8) is 0 Å². The van der Waals surface area contributed by atoms with E-state index < -0.39 is 0 Å². The number of nitrogens with one attached hydrogen (secondary N) is 1. The van der Waals surface area contributed by atoms with E-state index in [9.17, 15) is 0 Å². The first-order chi connectivity index (χ1) is 7.07. The summed E-state index contributed by atoms with van der Waals surface area (Å²) in [5.41, 5.74) is 4.39. The molecule has 0 atom stereocenters. The predicted molar refractivity (Wildman–Crippen MR) is 62.8 cm³/mol. The van der Waals surface area contributed by atoms with Crippen molar-refractivity contribution in [2.45, 2.75) is 19.4 Å². The van der Waals surface area contributed by atoms with Gasteiger partial charge in [-0.05, 0) is 13.8 Å². The van der Waals surface area contributed by atoms with Crippen LogP contribution >= 0.6 is 0 Å². The molecular formula is C12H17N3. The number of rotatable bonds is 1. The molecule has 80 valence electrons. The number of hydrogen-bond acceptors (Lipinski definition) is 3. The summed E-state index contributed by atoms with van der Waals surface area (Å²) < 4.78 is 0. The third kappa shape index (κ3) is 2.36. The topological polar surface area (TPSA) is 27.6 Å². The molecule has 2 rings (SSSR count). The third-order valence-electron chi connectivity index (χ3n) is 2.38. The minimum absolute atomic E-state index is 0.0226. The van der Waals surface area contributed by atoms with Crippen molar-refractivity contribution < 1.29 is 0 Å². The molecule has 0 fully saturated rings. The average molecular weight is 203 g/mol. The van der Waals surface area contributed by atoms with Crippen LogP contribution in [0, 0.1) is 0 Å². The fourth-order valence-corrected chi connectivity index (χ4v) is 1.89. The molecule has 0 unspecified atom stereocenters. The van der Waals surface area contributed by atoms with Crippen LogP contribution in [-0.4, -0.2) is 30.0 Å². The quantitative estimate of drug-likeness (QED) is 0.751. The van der Waals surface area contributed by atoms with Gasteiger partial charge in [0.2, 0.25) is 0 Å². The highest BCUT2D eigenvalue weighted by atomic mass is 15.5. The van der Waals surface area contributed by atoms with Crippen molar-refractivity contribution in [3.8, 4) is 0 Å². The first kappa shape index (κ1) is 10.2. The largest absolute Gasteiger partial charge is 0.303 e. The molecule has 1 aliphatic heterocycles. The monoisotopic (exact) mass is 203 g/mol. The zero-order valence-corrected chi connectivity index (χ0v) is 9.49. The number of aliphatic imine (C=N–C) groups is 1. The normalized spacial score (nSPS) is 20.6. The lowest BCUT2D eigenvalue weighted by molar-refractivity contribution is 0.218. The van der Waals surface area contributed by atoms with Gasteiger partial charge in [-0.15, -0.1) is 0 Å². The fourth-order valence-electron chi connectivity index (χ4n) is 1.89. The van der Waals surface area contributed by atoms with E-state index in [0.717, 1.165) is 17.9 Å². The van der Waals surface area contributed by atoms with Crippen LogP contribution in [0.15, 0.2) is 35.3 Å². The van der Waals surface area contributed by atoms with Gasteiger partial charge in [0.15, 0.2) is 0 Å². The van der Waals surface area contributed by atoms with Gasteiger partial charge in [0.25, 0.3) is 0 Å². The Kier molecular flexibility index (Phi) is 2.49. The summed E-state index contributed by atoms with van der Waals surface area (Å²) in [6, 6.07) is 10.2. The first-order valence-corrected chi connectivity index (χ1v) is 5.20. The van der Waals surface area contributed by atoms with E-state index in [-0.39, 0.29) is 5.54 Å². The second kappa shape index (κ2) is 3.66. The molecule has 0 spiro atoms. The summed E-state index contributed by atoms with van der Waals surface area (Å²) in [5.74, 6) is 0.953. The molecule has 0 aliphatic carbocycles. The van der Waals surface area contributed by atoms with Crippen LogP contribution in [-0.2, 0) is 0 Å². The predicted octanol–water partition coefficient (Wildman–Crippen LogP) is 1.66. The summed E-state index contributed by atoms with van der Waals surface area (Å²) in [6.45, 7) is 5.21. The Labute approximate surface area is 90.8 Å². The van der Waals surface area contributed by atoms with E-state index in [4.69, 9.17) is 4.99 Å². The smallest absolute Gasteiger partial charge is 0.143 e. The summed E-state index contributed by atoms with van der Waals surface area (Å²) in [7, 11) is 2.04. The molecule has 0 radical (unpaired) electrons. The minimum atomic E-state index is -0.0226. The molecule has 0 saturated carbocycles. The molecule has 3 heteroatoms. The van der Waals surface area contributed by atoms with Gasteiger partial charge < -0.3 is 5.43 Å². The lowest BCUT2D eigenvalue weighted by Crippen LogP contribution is -2.51. The van der Waals surface area contributed by atoms with Gasteiger partial charge in [-0.3, -0.25) is 4.99 Å². The number of hydrazine groups is 1. The molecule has 0 bridgehead atoms. The fraction of sp³-hybridized carbons (Fsp3) is 0.417. The highest BCUT2D eigenvalue weighted by Crippen LogP contribution is 2.16. The number of amidine groups is 1. The highest BCUT2D eigenvalue weighted by Gasteiger charge is 2.25. The first-order valence-electron chi connectivity index (χ1n) is 5.20. The maximum Gasteiger partial charge on any atom is 0.143 e. The molecule has 0 aromatic heterocycles. The Morgan fingerprint density at radius 3 is 2.53 bits per heavy atom. The Balaban J connectivity index is 2.34. The Morgan fingerprint density at radius 1 is 1.27 bits per heavy atom. The molecule has 1 heterocycles. The van der Waals surface area contributed by atoms with Gasteiger partial charge in [-0.25, -0.2) is 5.01 Å². The van der Waals surface area contributed by atoms with Crippen LogP contribution in [0.25, 0.3) is 0 Å². The molecule has 0 amide bonds. The van der Waals surface area contributed by atoms with Gasteiger partial charge in [0, 0.05) is 19.2 Å². The molecule has 1 aliphatic rings. The van der Waals surface area contributed by atoms with E-state index in [2.05, 4.69) is 36.4 Å². The maximum absolute atomic E-state index is 4.70. The van der Waals surface area contributed by atoms with Crippen molar-refractivity contribution >= 4 is 5.84 Å². The van der Waals surface area contributed by atoms with Gasteiger partial charge >= 0.3 is 0 Å². The van der Waals surface area contributed by atoms with E-state index in [0.29, 0.717) is 0 Å². The number of benzene rings is 1. The van der Waals surface area contributed by atoms with E-state index in [1.165, 1.54) is 0 Å². The van der Waals surface area contributed by atoms with Crippen molar-refractivity contribution in [1.29, 1.82) is 0 Å². The Bertz CT molecular complexity index is 368. The van der Waals surface area contributed by atoms with Gasteiger partial charge in [-0.2, -0.15) is 0 Å². The highest BCUT2D eigenvalue weighted by molar-refractivity contribution is 5.99. The van der Waals surface area contributed by atoms with Crippen LogP contribution < -0.4 is 5.43 Å². The van der Waals surface area contributed by atoms with Gasteiger partial charge in [0.1, 0.15) is 5.84 Å². The van der Waals surface area contributed by atoms with Crippen LogP contribution in [0.5, 0.6) is 0 Å². The van der Waals surface area contributed by atoms with E-state index in [1.54, 1.807) is 0 Å². The Hall–Kier alpha value is -1.35. The SMILES string of the molecule is CN1CC(C)(C)N=C(c2ccccc2)N1. The molecule has 1 aromatic rings. The van der Waals surface area contributed by atoms with Crippen molar-refractivity contribution in [2.24, 2.45) is 4.99 Å². The van der Waals surface area contributed by atoms with Crippen molar-refractivity contribution in [2.75, 3.05) is 13.6 Å². The number of nitrogens with zero attached hydrogens (tertiary/aromatic N) is 2. The van der Waals surface area contributed by atoms with Crippen LogP contribution in [0.2, 0.25) is 0 Å². The second-order valence-corrected chi connectivity index (χ2v) is 4.61. The van der Waals surface area contributed by atoms with Crippen molar-refractivity contribution in [3.05, 3.63) is 35.9 Å². The standard InChI is InChI=1S/C12H17N3/c1-12(2)9-15(3)14-11(13-12)10-7-5-4-6-8-10/h4-8H,9H2,1-3H3,(H,13,14). The average Bonchev–Trinajstić information content (AvgIpc) is 2.16. The molecular weight excluding hydrogens is 186 g/mol. The molecule has 3 nitrogen and oxygen atoms in total. The van der Waals surface area contributed by atoms with Crippen LogP contribution in [0.1, 0.15) is 19.4 Å². The summed E-state index contributed by atoms with van der Waals surface area (Å²) >= 11 is 0. The van der Waals surface area contributed by atoms with Crippen LogP contribution in [0.4, 0.5) is 0 Å². The van der Waals surface area contributed by atoms with Gasteiger partial charge in [-0.1, -0.05) is 30.3 Å². The Morgan fingerprint density at radius 2 is 1.93 bits per heavy atom.